The van der Waals surface area contributed by atoms with Crippen LogP contribution in [0.15, 0.2) is 28.8 Å². The zero-order valence-corrected chi connectivity index (χ0v) is 8.09. The SMILES string of the molecule is [O-]C1[O+]=NSC1c1ccc(Cl)cc1. The van der Waals surface area contributed by atoms with E-state index in [0.29, 0.717) is 5.02 Å². The Morgan fingerprint density at radius 3 is 2.62 bits per heavy atom. The van der Waals surface area contributed by atoms with Gasteiger partial charge >= 0.3 is 0 Å². The lowest BCUT2D eigenvalue weighted by atomic mass is 10.1. The van der Waals surface area contributed by atoms with E-state index in [1.165, 1.54) is 0 Å². The monoisotopic (exact) mass is 215 g/mol. The van der Waals surface area contributed by atoms with Gasteiger partial charge in [-0.15, -0.1) is 4.54 Å². The Balaban J connectivity index is 2.21. The largest absolute Gasteiger partial charge is 0.767 e. The normalized spacial score (nSPS) is 26.6. The van der Waals surface area contributed by atoms with E-state index in [1.807, 2.05) is 12.1 Å². The lowest BCUT2D eigenvalue weighted by Gasteiger charge is -2.09. The lowest BCUT2D eigenvalue weighted by molar-refractivity contribution is -0.404. The summed E-state index contributed by atoms with van der Waals surface area (Å²) in [6.07, 6.45) is -1.11. The first kappa shape index (κ1) is 8.99. The van der Waals surface area contributed by atoms with Crippen molar-refractivity contribution in [2.45, 2.75) is 11.5 Å². The second-order valence-electron chi connectivity index (χ2n) is 2.63. The molecule has 13 heavy (non-hydrogen) atoms. The van der Waals surface area contributed by atoms with E-state index in [9.17, 15) is 5.11 Å². The van der Waals surface area contributed by atoms with Crippen LogP contribution in [0.25, 0.3) is 0 Å². The van der Waals surface area contributed by atoms with Crippen LogP contribution in [-0.4, -0.2) is 6.29 Å². The molecule has 1 aromatic carbocycles. The topological polar surface area (TPSA) is 46.7 Å². The van der Waals surface area contributed by atoms with Gasteiger partial charge in [-0.2, -0.15) is 0 Å². The second kappa shape index (κ2) is 3.65. The van der Waals surface area contributed by atoms with Crippen LogP contribution < -0.4 is 5.11 Å². The maximum absolute atomic E-state index is 11.2. The van der Waals surface area contributed by atoms with Gasteiger partial charge in [0.15, 0.2) is 4.58 Å². The quantitative estimate of drug-likeness (QED) is 0.532. The van der Waals surface area contributed by atoms with Crippen LogP contribution in [0.5, 0.6) is 0 Å². The van der Waals surface area contributed by atoms with Crippen molar-refractivity contribution in [1.82, 2.24) is 0 Å². The number of nitroso groups, excluding NO2 is 1. The van der Waals surface area contributed by atoms with Gasteiger partial charge in [0.05, 0.1) is 11.9 Å². The van der Waals surface area contributed by atoms with E-state index >= 15 is 0 Å². The van der Waals surface area contributed by atoms with Crippen molar-refractivity contribution in [2.24, 2.45) is 4.58 Å². The van der Waals surface area contributed by atoms with Gasteiger partial charge in [0.25, 0.3) is 6.29 Å². The Labute approximate surface area is 84.5 Å². The number of nitrogens with zero attached hydrogens (tertiary/aromatic N) is 1. The van der Waals surface area contributed by atoms with Crippen LogP contribution in [0.3, 0.4) is 0 Å². The summed E-state index contributed by atoms with van der Waals surface area (Å²) in [5.41, 5.74) is 0.899. The van der Waals surface area contributed by atoms with Crippen LogP contribution in [0.4, 0.5) is 0 Å². The molecule has 2 rings (SSSR count). The first-order chi connectivity index (χ1) is 6.27. The molecule has 0 saturated heterocycles. The van der Waals surface area contributed by atoms with Crippen LogP contribution in [0.1, 0.15) is 10.8 Å². The van der Waals surface area contributed by atoms with E-state index in [1.54, 1.807) is 12.1 Å². The minimum absolute atomic E-state index is 0.253. The van der Waals surface area contributed by atoms with Crippen molar-refractivity contribution >= 4 is 23.5 Å². The molecular formula is C8H6ClNO2S. The summed E-state index contributed by atoms with van der Waals surface area (Å²) in [4.78, 5) is 0. The molecule has 2 atom stereocenters. The van der Waals surface area contributed by atoms with E-state index in [0.717, 1.165) is 17.5 Å². The minimum atomic E-state index is -1.11. The Morgan fingerprint density at radius 1 is 1.38 bits per heavy atom. The number of hydrogen-bond donors (Lipinski definition) is 0. The standard InChI is InChI=1S/C8H6ClNO2S/c9-6-3-1-5(2-4-6)7-8(11)12-10-13-7/h1-4,7-8H. The van der Waals surface area contributed by atoms with Gasteiger partial charge in [-0.05, 0) is 17.7 Å². The van der Waals surface area contributed by atoms with Crippen LogP contribution in [0, 0.1) is 4.54 Å². The summed E-state index contributed by atoms with van der Waals surface area (Å²) < 4.78 is 8.07. The molecule has 68 valence electrons. The predicted octanol–water partition coefficient (Wildman–Crippen LogP) is 2.03. The molecule has 1 aliphatic rings. The zero-order valence-electron chi connectivity index (χ0n) is 6.51. The van der Waals surface area contributed by atoms with E-state index in [4.69, 9.17) is 11.6 Å². The molecule has 0 aromatic heterocycles. The highest BCUT2D eigenvalue weighted by Gasteiger charge is 2.31. The summed E-state index contributed by atoms with van der Waals surface area (Å²) in [5, 5.41) is 11.6. The Bertz CT molecular complexity index is 327. The van der Waals surface area contributed by atoms with Gasteiger partial charge in [-0.3, -0.25) is 0 Å². The van der Waals surface area contributed by atoms with Crippen molar-refractivity contribution in [3.8, 4) is 0 Å². The molecular weight excluding hydrogens is 210 g/mol. The summed E-state index contributed by atoms with van der Waals surface area (Å²) >= 11 is 6.87. The fraction of sp³-hybridized carbons (Fsp3) is 0.250. The lowest BCUT2D eigenvalue weighted by Crippen LogP contribution is -2.26. The molecule has 0 bridgehead atoms. The van der Waals surface area contributed by atoms with Gasteiger partial charge < -0.3 is 5.11 Å². The van der Waals surface area contributed by atoms with Crippen molar-refractivity contribution in [3.05, 3.63) is 39.4 Å². The molecule has 0 amide bonds. The second-order valence-corrected chi connectivity index (χ2v) is 3.93. The van der Waals surface area contributed by atoms with Crippen LogP contribution in [0.2, 0.25) is 5.02 Å². The molecule has 0 N–H and O–H groups in total. The fourth-order valence-corrected chi connectivity index (χ4v) is 1.87. The fourth-order valence-electron chi connectivity index (χ4n) is 1.09. The molecule has 1 heterocycles. The third-order valence-electron chi connectivity index (χ3n) is 1.75. The molecule has 0 radical (unpaired) electrons. The van der Waals surface area contributed by atoms with E-state index in [-0.39, 0.29) is 5.25 Å². The highest BCUT2D eigenvalue weighted by atomic mass is 35.5. The number of rotatable bonds is 1. The summed E-state index contributed by atoms with van der Waals surface area (Å²) in [5.74, 6) is 0. The third kappa shape index (κ3) is 1.85. The van der Waals surface area contributed by atoms with Gasteiger partial charge in [0, 0.05) is 5.02 Å². The zero-order chi connectivity index (χ0) is 9.26. The number of hydrogen-bond acceptors (Lipinski definition) is 3. The molecule has 5 heteroatoms. The highest BCUT2D eigenvalue weighted by Crippen LogP contribution is 2.37. The molecule has 0 aliphatic carbocycles. The highest BCUT2D eigenvalue weighted by molar-refractivity contribution is 7.98. The third-order valence-corrected chi connectivity index (χ3v) is 2.89. The van der Waals surface area contributed by atoms with Crippen molar-refractivity contribution < 1.29 is 5.11 Å². The molecule has 2 unspecified atom stereocenters. The Hall–Kier alpha value is -0.580. The Morgan fingerprint density at radius 2 is 2.08 bits per heavy atom. The van der Waals surface area contributed by atoms with E-state index in [2.05, 4.69) is 9.12 Å². The first-order valence-corrected chi connectivity index (χ1v) is 4.92. The van der Waals surface area contributed by atoms with Crippen molar-refractivity contribution in [1.29, 1.82) is 0 Å². The van der Waals surface area contributed by atoms with Gasteiger partial charge in [0.2, 0.25) is 0 Å². The molecule has 1 aliphatic heterocycles. The average molecular weight is 216 g/mol. The molecule has 0 spiro atoms. The maximum atomic E-state index is 11.2. The maximum Gasteiger partial charge on any atom is 0.284 e. The smallest absolute Gasteiger partial charge is 0.284 e. The van der Waals surface area contributed by atoms with E-state index < -0.39 is 6.29 Å². The average Bonchev–Trinajstić information content (AvgIpc) is 2.53. The Kier molecular flexibility index (Phi) is 2.53. The molecule has 0 fully saturated rings. The van der Waals surface area contributed by atoms with Crippen LogP contribution >= 0.6 is 23.5 Å². The van der Waals surface area contributed by atoms with Gasteiger partial charge in [-0.1, -0.05) is 23.7 Å². The summed E-state index contributed by atoms with van der Waals surface area (Å²) in [7, 11) is 0. The summed E-state index contributed by atoms with van der Waals surface area (Å²) in [6.45, 7) is 0. The van der Waals surface area contributed by atoms with Gasteiger partial charge in [0.1, 0.15) is 5.25 Å². The molecule has 1 aromatic rings. The predicted molar refractivity (Wildman–Crippen MR) is 51.4 cm³/mol. The van der Waals surface area contributed by atoms with Crippen molar-refractivity contribution in [3.63, 3.8) is 0 Å². The van der Waals surface area contributed by atoms with Gasteiger partial charge in [-0.25, -0.2) is 0 Å². The number of halogens is 1. The molecule has 0 saturated carbocycles. The first-order valence-electron chi connectivity index (χ1n) is 3.70. The molecule has 3 nitrogen and oxygen atoms in total. The summed E-state index contributed by atoms with van der Waals surface area (Å²) in [6, 6.07) is 7.13. The number of benzene rings is 1. The van der Waals surface area contributed by atoms with Crippen LogP contribution in [-0.2, 0) is 0 Å². The minimum Gasteiger partial charge on any atom is -0.767 e. The van der Waals surface area contributed by atoms with Crippen molar-refractivity contribution in [2.75, 3.05) is 0 Å².